The van der Waals surface area contributed by atoms with Gasteiger partial charge in [-0.15, -0.1) is 0 Å². The van der Waals surface area contributed by atoms with Gasteiger partial charge in [0.15, 0.2) is 0 Å². The van der Waals surface area contributed by atoms with Crippen LogP contribution in [0.25, 0.3) is 4.48 Å². The Bertz CT molecular complexity index is 360. The van der Waals surface area contributed by atoms with Crippen molar-refractivity contribution < 1.29 is 4.79 Å². The molecule has 0 heterocycles. The minimum Gasteiger partial charge on any atom is -0.324 e. The van der Waals surface area contributed by atoms with Crippen molar-refractivity contribution in [1.82, 2.24) is 4.90 Å². The lowest BCUT2D eigenvalue weighted by Crippen LogP contribution is -2.06. The van der Waals surface area contributed by atoms with Gasteiger partial charge in [0.1, 0.15) is 0 Å². The summed E-state index contributed by atoms with van der Waals surface area (Å²) in [5, 5.41) is 0. The van der Waals surface area contributed by atoms with Gasteiger partial charge < -0.3 is 4.90 Å². The molecule has 0 saturated heterocycles. The third-order valence-corrected chi connectivity index (χ3v) is 2.52. The lowest BCUT2D eigenvalue weighted by molar-refractivity contribution is -0.114. The van der Waals surface area contributed by atoms with Gasteiger partial charge in [-0.05, 0) is 34.0 Å². The SMILES string of the molecule is Cc1ccccc1/C(Br)=C\N(C)C=O. The number of rotatable bonds is 3. The molecule has 0 saturated carbocycles. The van der Waals surface area contributed by atoms with E-state index in [1.54, 1.807) is 13.2 Å². The first kappa shape index (κ1) is 11.0. The smallest absolute Gasteiger partial charge is 0.213 e. The van der Waals surface area contributed by atoms with Crippen molar-refractivity contribution in [2.45, 2.75) is 6.92 Å². The Balaban J connectivity index is 3.00. The van der Waals surface area contributed by atoms with E-state index in [4.69, 9.17) is 0 Å². The maximum absolute atomic E-state index is 10.4. The van der Waals surface area contributed by atoms with E-state index in [1.165, 1.54) is 10.5 Å². The number of nitrogens with zero attached hydrogens (tertiary/aromatic N) is 1. The number of benzene rings is 1. The van der Waals surface area contributed by atoms with Crippen molar-refractivity contribution in [3.05, 3.63) is 41.6 Å². The average molecular weight is 254 g/mol. The zero-order valence-electron chi connectivity index (χ0n) is 8.20. The van der Waals surface area contributed by atoms with E-state index in [0.717, 1.165) is 16.5 Å². The van der Waals surface area contributed by atoms with E-state index >= 15 is 0 Å². The van der Waals surface area contributed by atoms with Crippen LogP contribution in [0.1, 0.15) is 11.1 Å². The molecular formula is C11H12BrNO. The number of hydrogen-bond acceptors (Lipinski definition) is 1. The van der Waals surface area contributed by atoms with Crippen molar-refractivity contribution in [2.75, 3.05) is 7.05 Å². The van der Waals surface area contributed by atoms with Gasteiger partial charge in [0.25, 0.3) is 0 Å². The fourth-order valence-electron chi connectivity index (χ4n) is 1.12. The predicted octanol–water partition coefficient (Wildman–Crippen LogP) is 2.78. The Labute approximate surface area is 92.4 Å². The second kappa shape index (κ2) is 4.96. The van der Waals surface area contributed by atoms with Gasteiger partial charge in [-0.1, -0.05) is 24.3 Å². The Morgan fingerprint density at radius 3 is 2.64 bits per heavy atom. The van der Waals surface area contributed by atoms with E-state index in [0.29, 0.717) is 0 Å². The molecular weight excluding hydrogens is 242 g/mol. The highest BCUT2D eigenvalue weighted by Gasteiger charge is 2.01. The van der Waals surface area contributed by atoms with E-state index in [1.807, 2.05) is 31.2 Å². The Kier molecular flexibility index (Phi) is 3.89. The number of carbonyl (C=O) groups excluding carboxylic acids is 1. The van der Waals surface area contributed by atoms with Crippen LogP contribution in [0.4, 0.5) is 0 Å². The molecule has 1 amide bonds. The summed E-state index contributed by atoms with van der Waals surface area (Å²) in [6.45, 7) is 2.03. The minimum atomic E-state index is 0.763. The molecule has 0 spiro atoms. The number of hydrogen-bond donors (Lipinski definition) is 0. The fraction of sp³-hybridized carbons (Fsp3) is 0.182. The number of halogens is 1. The maximum atomic E-state index is 10.4. The number of aryl methyl sites for hydroxylation is 1. The summed E-state index contributed by atoms with van der Waals surface area (Å²) in [6, 6.07) is 8.00. The van der Waals surface area contributed by atoms with Crippen LogP contribution < -0.4 is 0 Å². The monoisotopic (exact) mass is 253 g/mol. The predicted molar refractivity (Wildman–Crippen MR) is 61.9 cm³/mol. The summed E-state index contributed by atoms with van der Waals surface area (Å²) in [4.78, 5) is 11.9. The first-order chi connectivity index (χ1) is 6.65. The molecule has 1 aromatic carbocycles. The molecule has 0 radical (unpaired) electrons. The van der Waals surface area contributed by atoms with Gasteiger partial charge >= 0.3 is 0 Å². The molecule has 74 valence electrons. The Morgan fingerprint density at radius 1 is 1.43 bits per heavy atom. The third kappa shape index (κ3) is 2.70. The average Bonchev–Trinajstić information content (AvgIpc) is 2.18. The van der Waals surface area contributed by atoms with E-state index < -0.39 is 0 Å². The van der Waals surface area contributed by atoms with Crippen LogP contribution in [-0.4, -0.2) is 18.4 Å². The summed E-state index contributed by atoms with van der Waals surface area (Å²) in [7, 11) is 1.70. The van der Waals surface area contributed by atoms with Gasteiger partial charge in [-0.25, -0.2) is 0 Å². The lowest BCUT2D eigenvalue weighted by atomic mass is 10.1. The highest BCUT2D eigenvalue weighted by atomic mass is 79.9. The molecule has 2 nitrogen and oxygen atoms in total. The molecule has 1 rings (SSSR count). The molecule has 0 unspecified atom stereocenters. The first-order valence-corrected chi connectivity index (χ1v) is 5.05. The molecule has 14 heavy (non-hydrogen) atoms. The van der Waals surface area contributed by atoms with Crippen molar-refractivity contribution in [2.24, 2.45) is 0 Å². The molecule has 0 atom stereocenters. The van der Waals surface area contributed by atoms with Crippen LogP contribution in [0.15, 0.2) is 30.5 Å². The third-order valence-electron chi connectivity index (χ3n) is 1.89. The lowest BCUT2D eigenvalue weighted by Gasteiger charge is -2.07. The molecule has 0 aromatic heterocycles. The topological polar surface area (TPSA) is 20.3 Å². The van der Waals surface area contributed by atoms with Crippen molar-refractivity contribution in [1.29, 1.82) is 0 Å². The molecule has 0 aliphatic rings. The minimum absolute atomic E-state index is 0.763. The molecule has 3 heteroatoms. The van der Waals surface area contributed by atoms with Gasteiger partial charge in [0.2, 0.25) is 6.41 Å². The quantitative estimate of drug-likeness (QED) is 0.759. The zero-order valence-corrected chi connectivity index (χ0v) is 9.78. The van der Waals surface area contributed by atoms with Crippen LogP contribution in [0, 0.1) is 6.92 Å². The highest BCUT2D eigenvalue weighted by Crippen LogP contribution is 2.24. The molecule has 0 aliphatic carbocycles. The summed E-state index contributed by atoms with van der Waals surface area (Å²) in [5.74, 6) is 0. The van der Waals surface area contributed by atoms with Crippen LogP contribution >= 0.6 is 15.9 Å². The van der Waals surface area contributed by atoms with Crippen LogP contribution in [-0.2, 0) is 4.79 Å². The van der Waals surface area contributed by atoms with E-state index in [9.17, 15) is 4.79 Å². The summed E-state index contributed by atoms with van der Waals surface area (Å²) < 4.78 is 0.908. The largest absolute Gasteiger partial charge is 0.324 e. The van der Waals surface area contributed by atoms with Gasteiger partial charge in [0.05, 0.1) is 0 Å². The Morgan fingerprint density at radius 2 is 2.07 bits per heavy atom. The number of amides is 1. The standard InChI is InChI=1S/C11H12BrNO/c1-9-5-3-4-6-10(9)11(12)7-13(2)8-14/h3-8H,1-2H3/b11-7+. The van der Waals surface area contributed by atoms with Gasteiger partial charge in [-0.2, -0.15) is 0 Å². The second-order valence-electron chi connectivity index (χ2n) is 3.06. The first-order valence-electron chi connectivity index (χ1n) is 4.25. The molecule has 0 aliphatic heterocycles. The summed E-state index contributed by atoms with van der Waals surface area (Å²) >= 11 is 3.44. The summed E-state index contributed by atoms with van der Waals surface area (Å²) in [6.07, 6.45) is 2.51. The molecule has 0 N–H and O–H groups in total. The second-order valence-corrected chi connectivity index (χ2v) is 3.92. The van der Waals surface area contributed by atoms with Crippen molar-refractivity contribution >= 4 is 26.8 Å². The van der Waals surface area contributed by atoms with Crippen LogP contribution in [0.3, 0.4) is 0 Å². The number of carbonyl (C=O) groups is 1. The summed E-state index contributed by atoms with van der Waals surface area (Å²) in [5.41, 5.74) is 2.27. The fourth-order valence-corrected chi connectivity index (χ4v) is 1.89. The van der Waals surface area contributed by atoms with E-state index in [-0.39, 0.29) is 0 Å². The van der Waals surface area contributed by atoms with Crippen molar-refractivity contribution in [3.63, 3.8) is 0 Å². The van der Waals surface area contributed by atoms with Crippen LogP contribution in [0.2, 0.25) is 0 Å². The van der Waals surface area contributed by atoms with Crippen molar-refractivity contribution in [3.8, 4) is 0 Å². The van der Waals surface area contributed by atoms with Gasteiger partial charge in [-0.3, -0.25) is 4.79 Å². The maximum Gasteiger partial charge on any atom is 0.213 e. The van der Waals surface area contributed by atoms with Gasteiger partial charge in [0, 0.05) is 17.7 Å². The zero-order chi connectivity index (χ0) is 10.6. The highest BCUT2D eigenvalue weighted by molar-refractivity contribution is 9.15. The molecule has 1 aromatic rings. The van der Waals surface area contributed by atoms with E-state index in [2.05, 4.69) is 15.9 Å². The normalized spacial score (nSPS) is 11.2. The molecule has 0 fully saturated rings. The molecule has 0 bridgehead atoms. The van der Waals surface area contributed by atoms with Crippen LogP contribution in [0.5, 0.6) is 0 Å². The Hall–Kier alpha value is -1.09.